The topological polar surface area (TPSA) is 75.4 Å². The van der Waals surface area contributed by atoms with Gasteiger partial charge in [-0.05, 0) is 30.3 Å². The van der Waals surface area contributed by atoms with Gasteiger partial charge in [-0.25, -0.2) is 18.6 Å². The number of amides is 1. The molecule has 1 aromatic carbocycles. The third-order valence-electron chi connectivity index (χ3n) is 4.93. The van der Waals surface area contributed by atoms with Crippen molar-refractivity contribution in [2.24, 2.45) is 0 Å². The molecular weight excluding hydrogens is 368 g/mol. The lowest BCUT2D eigenvalue weighted by Gasteiger charge is -2.31. The van der Waals surface area contributed by atoms with E-state index >= 15 is 0 Å². The first-order valence-electron chi connectivity index (χ1n) is 8.82. The highest BCUT2D eigenvalue weighted by atomic mass is 19.3. The summed E-state index contributed by atoms with van der Waals surface area (Å²) < 4.78 is 28.3. The van der Waals surface area contributed by atoms with Crippen molar-refractivity contribution in [3.63, 3.8) is 0 Å². The molecular formula is C20H17F2N3O3. The van der Waals surface area contributed by atoms with Crippen LogP contribution in [0.25, 0.3) is 16.7 Å². The summed E-state index contributed by atoms with van der Waals surface area (Å²) >= 11 is 0. The van der Waals surface area contributed by atoms with Crippen LogP contribution in [0.1, 0.15) is 33.6 Å². The molecule has 3 heterocycles. The highest BCUT2D eigenvalue weighted by Gasteiger charge is 2.35. The van der Waals surface area contributed by atoms with E-state index in [1.54, 1.807) is 35.0 Å². The number of halogens is 2. The van der Waals surface area contributed by atoms with Crippen molar-refractivity contribution in [3.05, 3.63) is 59.9 Å². The molecule has 6 nitrogen and oxygen atoms in total. The Kier molecular flexibility index (Phi) is 4.33. The summed E-state index contributed by atoms with van der Waals surface area (Å²) in [5, 5.41) is 9.86. The lowest BCUT2D eigenvalue weighted by Crippen LogP contribution is -2.42. The summed E-state index contributed by atoms with van der Waals surface area (Å²) in [4.78, 5) is 29.6. The molecule has 0 bridgehead atoms. The third kappa shape index (κ3) is 3.33. The first-order chi connectivity index (χ1) is 13.3. The van der Waals surface area contributed by atoms with E-state index in [4.69, 9.17) is 5.11 Å². The van der Waals surface area contributed by atoms with Gasteiger partial charge in [0.15, 0.2) is 0 Å². The molecule has 1 aliphatic heterocycles. The van der Waals surface area contributed by atoms with Gasteiger partial charge >= 0.3 is 5.97 Å². The Morgan fingerprint density at radius 3 is 2.54 bits per heavy atom. The zero-order valence-electron chi connectivity index (χ0n) is 14.8. The summed E-state index contributed by atoms with van der Waals surface area (Å²) in [7, 11) is 0. The van der Waals surface area contributed by atoms with Gasteiger partial charge in [0.1, 0.15) is 5.65 Å². The van der Waals surface area contributed by atoms with E-state index in [1.165, 1.54) is 23.2 Å². The Bertz CT molecular complexity index is 1070. The molecule has 0 spiro atoms. The van der Waals surface area contributed by atoms with Crippen LogP contribution in [0.4, 0.5) is 8.78 Å². The van der Waals surface area contributed by atoms with Gasteiger partial charge in [-0.1, -0.05) is 6.07 Å². The predicted molar refractivity (Wildman–Crippen MR) is 98.1 cm³/mol. The first kappa shape index (κ1) is 18.1. The Morgan fingerprint density at radius 1 is 1.07 bits per heavy atom. The highest BCUT2D eigenvalue weighted by molar-refractivity contribution is 5.97. The normalized spacial score (nSPS) is 16.3. The summed E-state index contributed by atoms with van der Waals surface area (Å²) in [6.07, 6.45) is 2.51. The van der Waals surface area contributed by atoms with Crippen LogP contribution in [-0.2, 0) is 0 Å². The van der Waals surface area contributed by atoms with Crippen molar-refractivity contribution >= 4 is 22.9 Å². The molecule has 144 valence electrons. The molecule has 1 fully saturated rings. The van der Waals surface area contributed by atoms with Crippen LogP contribution in [0.15, 0.2) is 48.8 Å². The lowest BCUT2D eigenvalue weighted by molar-refractivity contribution is -0.0494. The van der Waals surface area contributed by atoms with Crippen LogP contribution in [0.5, 0.6) is 0 Å². The van der Waals surface area contributed by atoms with Gasteiger partial charge in [-0.15, -0.1) is 0 Å². The summed E-state index contributed by atoms with van der Waals surface area (Å²) in [6.45, 7) is 0.0414. The second-order valence-electron chi connectivity index (χ2n) is 6.83. The molecule has 0 unspecified atom stereocenters. The molecule has 1 aliphatic rings. The van der Waals surface area contributed by atoms with E-state index in [-0.39, 0.29) is 37.4 Å². The molecule has 3 aromatic rings. The second kappa shape index (κ2) is 6.70. The number of carboxylic acids is 1. The van der Waals surface area contributed by atoms with Gasteiger partial charge in [0.2, 0.25) is 0 Å². The molecule has 1 amide bonds. The van der Waals surface area contributed by atoms with E-state index in [1.807, 2.05) is 0 Å². The number of benzene rings is 1. The molecule has 0 radical (unpaired) electrons. The van der Waals surface area contributed by atoms with Crippen molar-refractivity contribution in [1.29, 1.82) is 0 Å². The van der Waals surface area contributed by atoms with Gasteiger partial charge in [0, 0.05) is 49.4 Å². The number of fused-ring (bicyclic) bond motifs is 1. The number of piperidine rings is 1. The van der Waals surface area contributed by atoms with E-state index in [9.17, 15) is 18.4 Å². The van der Waals surface area contributed by atoms with E-state index in [0.29, 0.717) is 22.3 Å². The zero-order chi connectivity index (χ0) is 19.9. The summed E-state index contributed by atoms with van der Waals surface area (Å²) in [5.41, 5.74) is 1.71. The monoisotopic (exact) mass is 385 g/mol. The Labute approximate surface area is 159 Å². The van der Waals surface area contributed by atoms with Gasteiger partial charge < -0.3 is 14.6 Å². The minimum atomic E-state index is -2.71. The quantitative estimate of drug-likeness (QED) is 0.748. The van der Waals surface area contributed by atoms with Crippen LogP contribution in [-0.4, -0.2) is 50.4 Å². The van der Waals surface area contributed by atoms with Crippen molar-refractivity contribution in [3.8, 4) is 5.69 Å². The molecule has 0 atom stereocenters. The number of hydrogen-bond acceptors (Lipinski definition) is 3. The Hall–Kier alpha value is -3.29. The molecule has 4 rings (SSSR count). The van der Waals surface area contributed by atoms with E-state index in [2.05, 4.69) is 4.98 Å². The second-order valence-corrected chi connectivity index (χ2v) is 6.83. The predicted octanol–water partition coefficient (Wildman–Crippen LogP) is 3.60. The third-order valence-corrected chi connectivity index (χ3v) is 4.93. The fourth-order valence-electron chi connectivity index (χ4n) is 3.36. The molecule has 2 aromatic heterocycles. The summed E-state index contributed by atoms with van der Waals surface area (Å²) in [5.74, 6) is -4.04. The average molecular weight is 385 g/mol. The number of likely N-dealkylation sites (tertiary alicyclic amines) is 1. The Morgan fingerprint density at radius 2 is 1.82 bits per heavy atom. The van der Waals surface area contributed by atoms with Gasteiger partial charge in [0.25, 0.3) is 11.8 Å². The van der Waals surface area contributed by atoms with E-state index in [0.717, 1.165) is 0 Å². The maximum atomic E-state index is 13.3. The average Bonchev–Trinajstić information content (AvgIpc) is 3.11. The lowest BCUT2D eigenvalue weighted by atomic mass is 10.1. The molecule has 0 saturated carbocycles. The standard InChI is InChI=1S/C20H17F2N3O3/c21-20(22)5-8-24(9-6-20)18(26)15-10-13-4-7-25(17(13)23-12-15)16-3-1-2-14(11-16)19(27)28/h1-4,7,10-12H,5-6,8-9H2,(H,27,28). The van der Waals surface area contributed by atoms with Crippen molar-refractivity contribution in [2.75, 3.05) is 13.1 Å². The molecule has 1 saturated heterocycles. The van der Waals surface area contributed by atoms with Crippen LogP contribution in [0.3, 0.4) is 0 Å². The number of carbonyl (C=O) groups is 2. The SMILES string of the molecule is O=C(O)c1cccc(-n2ccc3cc(C(=O)N4CCC(F)(F)CC4)cnc32)c1. The molecule has 0 aliphatic carbocycles. The molecule has 8 heteroatoms. The van der Waals surface area contributed by atoms with Gasteiger partial charge in [-0.2, -0.15) is 0 Å². The number of aromatic carboxylic acids is 1. The number of carbonyl (C=O) groups excluding carboxylic acids is 1. The number of pyridine rings is 1. The molecule has 1 N–H and O–H groups in total. The maximum absolute atomic E-state index is 13.3. The minimum Gasteiger partial charge on any atom is -0.478 e. The summed E-state index contributed by atoms with van der Waals surface area (Å²) in [6, 6.07) is 9.90. The smallest absolute Gasteiger partial charge is 0.335 e. The van der Waals surface area contributed by atoms with Crippen LogP contribution >= 0.6 is 0 Å². The molecule has 28 heavy (non-hydrogen) atoms. The fourth-order valence-corrected chi connectivity index (χ4v) is 3.36. The number of alkyl halides is 2. The van der Waals surface area contributed by atoms with Gasteiger partial charge in [0.05, 0.1) is 11.1 Å². The maximum Gasteiger partial charge on any atom is 0.335 e. The Balaban J connectivity index is 1.62. The number of carboxylic acid groups (broad SMARTS) is 1. The van der Waals surface area contributed by atoms with Crippen LogP contribution in [0.2, 0.25) is 0 Å². The highest BCUT2D eigenvalue weighted by Crippen LogP contribution is 2.29. The number of nitrogens with zero attached hydrogens (tertiary/aromatic N) is 3. The fraction of sp³-hybridized carbons (Fsp3) is 0.250. The van der Waals surface area contributed by atoms with Crippen molar-refractivity contribution < 1.29 is 23.5 Å². The van der Waals surface area contributed by atoms with E-state index < -0.39 is 11.9 Å². The van der Waals surface area contributed by atoms with Crippen LogP contribution < -0.4 is 0 Å². The van der Waals surface area contributed by atoms with Crippen LogP contribution in [0, 0.1) is 0 Å². The largest absolute Gasteiger partial charge is 0.478 e. The first-order valence-corrected chi connectivity index (χ1v) is 8.82. The zero-order valence-corrected chi connectivity index (χ0v) is 14.8. The van der Waals surface area contributed by atoms with Crippen molar-refractivity contribution in [2.45, 2.75) is 18.8 Å². The number of rotatable bonds is 3. The number of aromatic nitrogens is 2. The minimum absolute atomic E-state index is 0.0207. The van der Waals surface area contributed by atoms with Crippen molar-refractivity contribution in [1.82, 2.24) is 14.5 Å². The van der Waals surface area contributed by atoms with Gasteiger partial charge in [-0.3, -0.25) is 4.79 Å². The number of hydrogen-bond donors (Lipinski definition) is 1.